The molecule has 0 aromatic heterocycles. The molecule has 0 saturated heterocycles. The van der Waals surface area contributed by atoms with Crippen LogP contribution in [0.5, 0.6) is 0 Å². The molecule has 0 spiro atoms. The second kappa shape index (κ2) is 7.55. The van der Waals surface area contributed by atoms with E-state index in [1.165, 1.54) is 0 Å². The van der Waals surface area contributed by atoms with Crippen LogP contribution in [0, 0.1) is 0 Å². The third-order valence-corrected chi connectivity index (χ3v) is 0.375. The van der Waals surface area contributed by atoms with Crippen LogP contribution in [0.15, 0.2) is 0 Å². The first-order valence-corrected chi connectivity index (χ1v) is 1.47. The summed E-state index contributed by atoms with van der Waals surface area (Å²) in [6, 6.07) is 0. The van der Waals surface area contributed by atoms with Crippen molar-refractivity contribution in [1.82, 2.24) is 0 Å². The average Bonchev–Trinajstić information content (AvgIpc) is 1.25. The smallest absolute Gasteiger partial charge is 0.879 e. The van der Waals surface area contributed by atoms with Gasteiger partial charge in [-0.1, -0.05) is 0 Å². The van der Waals surface area contributed by atoms with Gasteiger partial charge in [0.2, 0.25) is 0 Å². The van der Waals surface area contributed by atoms with E-state index in [0.29, 0.717) is 0 Å². The van der Waals surface area contributed by atoms with Crippen LogP contribution in [-0.4, -0.2) is 83.7 Å². The van der Waals surface area contributed by atoms with Gasteiger partial charge in [0.1, 0.15) is 0 Å². The van der Waals surface area contributed by atoms with Gasteiger partial charge in [-0.05, 0) is 0 Å². The third-order valence-electron chi connectivity index (χ3n) is 0.375. The van der Waals surface area contributed by atoms with Gasteiger partial charge in [0, 0.05) is 0 Å². The second-order valence-corrected chi connectivity index (χ2v) is 1.11. The summed E-state index contributed by atoms with van der Waals surface area (Å²) in [5, 5.41) is 54.5. The molecule has 0 rings (SSSR count). The molecule has 0 fully saturated rings. The van der Waals surface area contributed by atoms with Crippen molar-refractivity contribution >= 4 is 71.7 Å². The summed E-state index contributed by atoms with van der Waals surface area (Å²) in [7, 11) is 0. The Morgan fingerprint density at radius 2 is 0.545 bits per heavy atom. The van der Waals surface area contributed by atoms with E-state index >= 15 is 0 Å². The van der Waals surface area contributed by atoms with Gasteiger partial charge in [-0.2, -0.15) is 0 Å². The first kappa shape index (κ1) is 23.2. The monoisotopic (exact) mass is 480 g/mol. The van der Waals surface area contributed by atoms with E-state index < -0.39 is 11.9 Å². The molecule has 0 aliphatic carbocycles. The van der Waals surface area contributed by atoms with Crippen LogP contribution in [0.2, 0.25) is 0 Å². The predicted molar refractivity (Wildman–Crippen MR) is 22.7 cm³/mol. The molecule has 0 unspecified atom stereocenters. The zero-order valence-corrected chi connectivity index (χ0v) is 13.5. The molecule has 0 aliphatic rings. The first-order valence-electron chi connectivity index (χ1n) is 1.47. The third kappa shape index (κ3) is 10.1. The molecule has 0 heterocycles. The Morgan fingerprint density at radius 3 is 0.545 bits per heavy atom. The van der Waals surface area contributed by atoms with E-state index in [0.717, 1.165) is 0 Å². The fraction of sp³-hybridized carbons (Fsp3) is 1.00. The Bertz CT molecular complexity index is 70.8. The Morgan fingerprint density at radius 1 is 0.455 bits per heavy atom. The van der Waals surface area contributed by atoms with Crippen LogP contribution in [-0.2, 0) is 0 Å². The molecule has 0 bridgehead atoms. The maximum atomic E-state index is 9.08. The largest absolute Gasteiger partial charge is 2.00 e. The van der Waals surface area contributed by atoms with Crippen molar-refractivity contribution in [2.75, 3.05) is 0 Å². The summed E-state index contributed by atoms with van der Waals surface area (Å²) >= 11 is 0. The van der Waals surface area contributed by atoms with Crippen molar-refractivity contribution in [3.8, 4) is 0 Å². The van der Waals surface area contributed by atoms with Gasteiger partial charge in [-0.25, -0.2) is 0 Å². The quantitative estimate of drug-likeness (QED) is 0.272. The van der Waals surface area contributed by atoms with Crippen LogP contribution < -0.4 is 30.6 Å². The van der Waals surface area contributed by atoms with E-state index in [1.807, 2.05) is 0 Å². The van der Waals surface area contributed by atoms with Gasteiger partial charge >= 0.3 is 71.7 Å². The Balaban J connectivity index is -0.0000000817. The van der Waals surface area contributed by atoms with Gasteiger partial charge in [0.15, 0.2) is 0 Å². The maximum absolute atomic E-state index is 9.08. The topological polar surface area (TPSA) is 138 Å². The van der Waals surface area contributed by atoms with Gasteiger partial charge in [0.05, 0.1) is 0 Å². The summed E-state index contributed by atoms with van der Waals surface area (Å²) in [5.41, 5.74) is 0. The molecule has 9 heteroatoms. The van der Waals surface area contributed by atoms with Gasteiger partial charge < -0.3 is 42.6 Å². The van der Waals surface area contributed by atoms with Crippen LogP contribution in [0.4, 0.5) is 0 Å². The summed E-state index contributed by atoms with van der Waals surface area (Å²) in [6.07, 6.45) is 0. The summed E-state index contributed by atoms with van der Waals surface area (Å²) < 4.78 is 0. The van der Waals surface area contributed by atoms with Crippen molar-refractivity contribution in [2.45, 2.75) is 11.9 Å². The van der Waals surface area contributed by atoms with E-state index in [-0.39, 0.29) is 71.7 Å². The molecule has 0 aliphatic heterocycles. The van der Waals surface area contributed by atoms with E-state index in [1.54, 1.807) is 0 Å². The molecule has 0 N–H and O–H groups in total. The van der Waals surface area contributed by atoms with Crippen molar-refractivity contribution in [3.05, 3.63) is 0 Å². The fourth-order valence-electron chi connectivity index (χ4n) is 0. The molecule has 11 heavy (non-hydrogen) atoms. The number of hydrogen-bond acceptors (Lipinski definition) is 6. The molecule has 56 valence electrons. The maximum Gasteiger partial charge on any atom is 2.00 e. The van der Waals surface area contributed by atoms with Crippen LogP contribution >= 0.6 is 0 Å². The minimum atomic E-state index is -4.98. The minimum Gasteiger partial charge on any atom is -0.879 e. The summed E-state index contributed by atoms with van der Waals surface area (Å²) in [6.45, 7) is 0. The molecule has 0 aromatic carbocycles. The van der Waals surface area contributed by atoms with Crippen molar-refractivity contribution in [2.24, 2.45) is 0 Å². The van der Waals surface area contributed by atoms with Gasteiger partial charge in [-0.3, -0.25) is 0 Å². The average molecular weight is 476 g/mol. The standard InChI is InChI=1S/C2O6.3Sn/c3-1(4,5)2(6,7)8;;;/q-6;3*+2. The van der Waals surface area contributed by atoms with Crippen molar-refractivity contribution in [3.63, 3.8) is 0 Å². The predicted octanol–water partition coefficient (Wildman–Crippen LogP) is -8.69. The zero-order valence-electron chi connectivity index (χ0n) is 4.95. The van der Waals surface area contributed by atoms with Crippen molar-refractivity contribution < 1.29 is 30.6 Å². The van der Waals surface area contributed by atoms with E-state index in [9.17, 15) is 0 Å². The second-order valence-electron chi connectivity index (χ2n) is 1.11. The van der Waals surface area contributed by atoms with Gasteiger partial charge in [-0.15, -0.1) is 0 Å². The Labute approximate surface area is 113 Å². The molecule has 0 amide bonds. The molecule has 0 atom stereocenters. The normalized spacial score (nSPS) is 10.4. The fourth-order valence-corrected chi connectivity index (χ4v) is 0. The molecule has 6 radical (unpaired) electrons. The number of hydrogen-bond donors (Lipinski definition) is 0. The summed E-state index contributed by atoms with van der Waals surface area (Å²) in [5.74, 6) is -9.96. The van der Waals surface area contributed by atoms with Crippen molar-refractivity contribution in [1.29, 1.82) is 0 Å². The molecule has 0 saturated carbocycles. The number of rotatable bonds is 1. The molecular formula is C2O6Sn3. The molecule has 0 aromatic rings. The van der Waals surface area contributed by atoms with E-state index in [4.69, 9.17) is 30.6 Å². The SMILES string of the molecule is [O-]C([O-])([O-])C([O-])([O-])[O-].[Sn+2].[Sn+2].[Sn+2]. The Hall–Kier alpha value is 2.16. The molecule has 6 nitrogen and oxygen atoms in total. The van der Waals surface area contributed by atoms with Crippen LogP contribution in [0.3, 0.4) is 0 Å². The minimum absolute atomic E-state index is 0. The zero-order chi connectivity index (χ0) is 7.00. The molecular weight excluding hydrogens is 476 g/mol. The van der Waals surface area contributed by atoms with E-state index in [2.05, 4.69) is 0 Å². The van der Waals surface area contributed by atoms with Gasteiger partial charge in [0.25, 0.3) is 0 Å². The first-order chi connectivity index (χ1) is 3.25. The van der Waals surface area contributed by atoms with Crippen LogP contribution in [0.25, 0.3) is 0 Å². The summed E-state index contributed by atoms with van der Waals surface area (Å²) in [4.78, 5) is 0. The Kier molecular flexibility index (Phi) is 15.9. The van der Waals surface area contributed by atoms with Crippen LogP contribution in [0.1, 0.15) is 0 Å².